The fraction of sp³-hybridized carbons (Fsp3) is 0.259. The van der Waals surface area contributed by atoms with E-state index in [9.17, 15) is 9.59 Å². The first-order chi connectivity index (χ1) is 15.6. The number of para-hydroxylation sites is 1. The maximum atomic E-state index is 13.3. The lowest BCUT2D eigenvalue weighted by Crippen LogP contribution is -2.37. The van der Waals surface area contributed by atoms with Crippen LogP contribution in [0.2, 0.25) is 0 Å². The number of carbonyl (C=O) groups excluding carboxylic acids is 2. The van der Waals surface area contributed by atoms with Crippen LogP contribution >= 0.6 is 0 Å². The normalized spacial score (nSPS) is 16.6. The van der Waals surface area contributed by atoms with Crippen LogP contribution in [0.15, 0.2) is 78.9 Å². The van der Waals surface area contributed by atoms with Crippen LogP contribution in [-0.4, -0.2) is 55.4 Å². The lowest BCUT2D eigenvalue weighted by atomic mass is 9.91. The summed E-state index contributed by atoms with van der Waals surface area (Å²) in [5.74, 6) is 0.202. The smallest absolute Gasteiger partial charge is 0.257 e. The zero-order valence-corrected chi connectivity index (χ0v) is 18.5. The molecule has 0 aliphatic carbocycles. The van der Waals surface area contributed by atoms with Gasteiger partial charge in [-0.25, -0.2) is 0 Å². The molecule has 1 aliphatic rings. The first kappa shape index (κ1) is 21.6. The third kappa shape index (κ3) is 4.52. The van der Waals surface area contributed by atoms with Crippen molar-refractivity contribution in [1.82, 2.24) is 9.80 Å². The molecule has 0 bridgehead atoms. The van der Waals surface area contributed by atoms with Gasteiger partial charge < -0.3 is 14.5 Å². The van der Waals surface area contributed by atoms with Gasteiger partial charge >= 0.3 is 0 Å². The molecule has 4 rings (SSSR count). The highest BCUT2D eigenvalue weighted by molar-refractivity contribution is 5.97. The highest BCUT2D eigenvalue weighted by Crippen LogP contribution is 2.28. The molecule has 1 heterocycles. The summed E-state index contributed by atoms with van der Waals surface area (Å²) in [5, 5.41) is 0. The summed E-state index contributed by atoms with van der Waals surface area (Å²) >= 11 is 0. The van der Waals surface area contributed by atoms with Crippen molar-refractivity contribution >= 4 is 11.8 Å². The van der Waals surface area contributed by atoms with Crippen molar-refractivity contribution in [3.63, 3.8) is 0 Å². The summed E-state index contributed by atoms with van der Waals surface area (Å²) in [5.41, 5.74) is 3.88. The molecule has 1 saturated heterocycles. The van der Waals surface area contributed by atoms with Gasteiger partial charge in [0.05, 0.1) is 18.6 Å². The van der Waals surface area contributed by atoms with Crippen molar-refractivity contribution < 1.29 is 14.3 Å². The quantitative estimate of drug-likeness (QED) is 0.614. The van der Waals surface area contributed by atoms with Crippen LogP contribution in [0.25, 0.3) is 11.1 Å². The van der Waals surface area contributed by atoms with Gasteiger partial charge in [-0.05, 0) is 35.2 Å². The van der Waals surface area contributed by atoms with Crippen LogP contribution in [0.4, 0.5) is 0 Å². The molecule has 164 valence electrons. The highest BCUT2D eigenvalue weighted by Gasteiger charge is 2.32. The van der Waals surface area contributed by atoms with Crippen LogP contribution in [0.1, 0.15) is 15.9 Å². The van der Waals surface area contributed by atoms with Crippen molar-refractivity contribution in [3.05, 3.63) is 90.0 Å². The minimum atomic E-state index is -0.314. The lowest BCUT2D eigenvalue weighted by Gasteiger charge is -2.24. The Bertz CT molecular complexity index is 1100. The monoisotopic (exact) mass is 428 g/mol. The number of rotatable bonds is 5. The summed E-state index contributed by atoms with van der Waals surface area (Å²) in [6.45, 7) is 1.38. The Morgan fingerprint density at radius 1 is 0.938 bits per heavy atom. The topological polar surface area (TPSA) is 49.9 Å². The van der Waals surface area contributed by atoms with E-state index in [4.69, 9.17) is 4.74 Å². The SMILES string of the molecule is COc1ccccc1C(=O)N1CCN(C)C(=O)[C@@H](Cc2ccccc2-c2ccccc2)C1. The van der Waals surface area contributed by atoms with Crippen molar-refractivity contribution in [2.45, 2.75) is 6.42 Å². The van der Waals surface area contributed by atoms with Crippen LogP contribution in [0.5, 0.6) is 5.75 Å². The summed E-state index contributed by atoms with van der Waals surface area (Å²) < 4.78 is 5.39. The van der Waals surface area contributed by atoms with Gasteiger partial charge in [-0.2, -0.15) is 0 Å². The summed E-state index contributed by atoms with van der Waals surface area (Å²) in [6, 6.07) is 25.6. The minimum absolute atomic E-state index is 0.0724. The number of amides is 2. The number of likely N-dealkylation sites (N-methyl/N-ethyl adjacent to an activating group) is 1. The molecule has 5 heteroatoms. The van der Waals surface area contributed by atoms with Crippen molar-refractivity contribution in [2.24, 2.45) is 5.92 Å². The molecule has 0 radical (unpaired) electrons. The summed E-state index contributed by atoms with van der Waals surface area (Å²) in [6.07, 6.45) is 0.573. The zero-order valence-electron chi connectivity index (χ0n) is 18.5. The average Bonchev–Trinajstić information content (AvgIpc) is 2.98. The Balaban J connectivity index is 1.62. The van der Waals surface area contributed by atoms with Crippen LogP contribution < -0.4 is 4.74 Å². The molecule has 0 aromatic heterocycles. The van der Waals surface area contributed by atoms with E-state index in [1.807, 2.05) is 49.5 Å². The van der Waals surface area contributed by atoms with E-state index in [0.29, 0.717) is 37.4 Å². The van der Waals surface area contributed by atoms with Gasteiger partial charge in [-0.1, -0.05) is 66.7 Å². The predicted octanol–water partition coefficient (Wildman–Crippen LogP) is 4.14. The molecule has 0 saturated carbocycles. The Kier molecular flexibility index (Phi) is 6.55. The van der Waals surface area contributed by atoms with Crippen molar-refractivity contribution in [1.29, 1.82) is 0 Å². The summed E-state index contributed by atoms with van der Waals surface area (Å²) in [4.78, 5) is 30.1. The Morgan fingerprint density at radius 2 is 1.62 bits per heavy atom. The number of methoxy groups -OCH3 is 1. The van der Waals surface area contributed by atoms with Crippen molar-refractivity contribution in [3.8, 4) is 16.9 Å². The molecular formula is C27H28N2O3. The number of nitrogens with zero attached hydrogens (tertiary/aromatic N) is 2. The Labute approximate surface area is 189 Å². The number of hydrogen-bond acceptors (Lipinski definition) is 3. The molecule has 1 fully saturated rings. The Morgan fingerprint density at radius 3 is 2.41 bits per heavy atom. The van der Waals surface area contributed by atoms with E-state index < -0.39 is 0 Å². The van der Waals surface area contributed by atoms with Gasteiger partial charge in [0.2, 0.25) is 5.91 Å². The largest absolute Gasteiger partial charge is 0.496 e. The second-order valence-electron chi connectivity index (χ2n) is 8.14. The molecule has 32 heavy (non-hydrogen) atoms. The van der Waals surface area contributed by atoms with Crippen LogP contribution in [-0.2, 0) is 11.2 Å². The third-order valence-electron chi connectivity index (χ3n) is 6.06. The van der Waals surface area contributed by atoms with E-state index in [2.05, 4.69) is 24.3 Å². The van der Waals surface area contributed by atoms with Gasteiger partial charge in [-0.3, -0.25) is 9.59 Å². The van der Waals surface area contributed by atoms with Gasteiger partial charge in [-0.15, -0.1) is 0 Å². The second-order valence-corrected chi connectivity index (χ2v) is 8.14. The van der Waals surface area contributed by atoms with E-state index in [1.165, 1.54) is 0 Å². The predicted molar refractivity (Wildman–Crippen MR) is 126 cm³/mol. The van der Waals surface area contributed by atoms with E-state index >= 15 is 0 Å². The first-order valence-electron chi connectivity index (χ1n) is 10.9. The second kappa shape index (κ2) is 9.69. The molecule has 5 nitrogen and oxygen atoms in total. The van der Waals surface area contributed by atoms with E-state index in [1.54, 1.807) is 29.0 Å². The number of hydrogen-bond donors (Lipinski definition) is 0. The third-order valence-corrected chi connectivity index (χ3v) is 6.06. The van der Waals surface area contributed by atoms with Gasteiger partial charge in [0.15, 0.2) is 0 Å². The van der Waals surface area contributed by atoms with Crippen molar-refractivity contribution in [2.75, 3.05) is 33.8 Å². The van der Waals surface area contributed by atoms with Gasteiger partial charge in [0, 0.05) is 26.7 Å². The minimum Gasteiger partial charge on any atom is -0.496 e. The maximum absolute atomic E-state index is 13.3. The highest BCUT2D eigenvalue weighted by atomic mass is 16.5. The molecule has 3 aromatic carbocycles. The van der Waals surface area contributed by atoms with Crippen LogP contribution in [0, 0.1) is 5.92 Å². The van der Waals surface area contributed by atoms with Gasteiger partial charge in [0.1, 0.15) is 5.75 Å². The number of benzene rings is 3. The molecule has 2 amide bonds. The molecule has 0 spiro atoms. The van der Waals surface area contributed by atoms with E-state index in [-0.39, 0.29) is 17.7 Å². The molecule has 1 aliphatic heterocycles. The zero-order chi connectivity index (χ0) is 22.5. The maximum Gasteiger partial charge on any atom is 0.257 e. The standard InChI is InChI=1S/C27H28N2O3/c1-28-16-17-29(27(31)24-14-8-9-15-25(24)32-2)19-22(26(28)30)18-21-12-6-7-13-23(21)20-10-4-3-5-11-20/h3-15,22H,16-19H2,1-2H3/t22-/m0/s1. The van der Waals surface area contributed by atoms with Crippen LogP contribution in [0.3, 0.4) is 0 Å². The lowest BCUT2D eigenvalue weighted by molar-refractivity contribution is -0.133. The first-order valence-corrected chi connectivity index (χ1v) is 10.9. The molecule has 0 unspecified atom stereocenters. The van der Waals surface area contributed by atoms with Gasteiger partial charge in [0.25, 0.3) is 5.91 Å². The van der Waals surface area contributed by atoms with E-state index in [0.717, 1.165) is 16.7 Å². The molecular weight excluding hydrogens is 400 g/mol. The Hall–Kier alpha value is -3.60. The average molecular weight is 429 g/mol. The molecule has 1 atom stereocenters. The number of carbonyl (C=O) groups is 2. The molecule has 3 aromatic rings. The summed E-state index contributed by atoms with van der Waals surface area (Å²) in [7, 11) is 3.38. The fourth-order valence-corrected chi connectivity index (χ4v) is 4.32. The number of ether oxygens (including phenoxy) is 1. The molecule has 0 N–H and O–H groups in total. The fourth-order valence-electron chi connectivity index (χ4n) is 4.32.